The molecule has 1 unspecified atom stereocenters. The van der Waals surface area contributed by atoms with E-state index in [4.69, 9.17) is 4.74 Å². The maximum Gasteiger partial charge on any atom is 0.293 e. The maximum absolute atomic E-state index is 11.2. The van der Waals surface area contributed by atoms with Gasteiger partial charge in [0.05, 0.1) is 0 Å². The van der Waals surface area contributed by atoms with E-state index >= 15 is 0 Å². The highest BCUT2D eigenvalue weighted by Gasteiger charge is 2.53. The van der Waals surface area contributed by atoms with E-state index in [0.29, 0.717) is 10.8 Å². The van der Waals surface area contributed by atoms with Gasteiger partial charge < -0.3 is 4.74 Å². The van der Waals surface area contributed by atoms with Crippen LogP contribution in [0.4, 0.5) is 0 Å². The first kappa shape index (κ1) is 29.9. The smallest absolute Gasteiger partial charge is 0.293 e. The lowest BCUT2D eigenvalue weighted by Gasteiger charge is -2.58. The van der Waals surface area contributed by atoms with Crippen molar-refractivity contribution in [2.24, 2.45) is 46.3 Å². The van der Waals surface area contributed by atoms with Crippen LogP contribution in [0.2, 0.25) is 0 Å². The molecule has 0 heterocycles. The van der Waals surface area contributed by atoms with Gasteiger partial charge in [-0.15, -0.1) is 0 Å². The molecular formula is C37H64O2. The standard InChI is InChI=1S/C37H64O2/c1-3-29-13-17-32(18-14-29)36(25-21-34(22-26-36)39-28-38)27-35(31-11-7-5-8-12-31)37(23-9-6-10-24-37)33-19-15-30(4-2)16-20-33/h28-35H,3-27H2,1-2H3/t29-,30-,32-,33-,34?,35?,36?. The van der Waals surface area contributed by atoms with Gasteiger partial charge in [-0.25, -0.2) is 0 Å². The van der Waals surface area contributed by atoms with E-state index in [1.54, 1.807) is 12.8 Å². The van der Waals surface area contributed by atoms with Gasteiger partial charge in [0.2, 0.25) is 0 Å². The van der Waals surface area contributed by atoms with Crippen LogP contribution in [-0.2, 0) is 9.53 Å². The van der Waals surface area contributed by atoms with Crippen molar-refractivity contribution in [3.05, 3.63) is 0 Å². The molecule has 39 heavy (non-hydrogen) atoms. The highest BCUT2D eigenvalue weighted by Crippen LogP contribution is 2.63. The van der Waals surface area contributed by atoms with Gasteiger partial charge in [0, 0.05) is 0 Å². The Kier molecular flexibility index (Phi) is 10.8. The fraction of sp³-hybridized carbons (Fsp3) is 0.973. The van der Waals surface area contributed by atoms with E-state index in [1.807, 2.05) is 0 Å². The monoisotopic (exact) mass is 540 g/mol. The second-order valence-electron chi connectivity index (χ2n) is 15.5. The number of ether oxygens (including phenoxy) is 1. The molecular weight excluding hydrogens is 476 g/mol. The molecule has 0 spiro atoms. The Morgan fingerprint density at radius 2 is 1.18 bits per heavy atom. The summed E-state index contributed by atoms with van der Waals surface area (Å²) in [6.07, 6.45) is 36.5. The van der Waals surface area contributed by atoms with E-state index in [1.165, 1.54) is 135 Å². The van der Waals surface area contributed by atoms with Crippen molar-refractivity contribution in [3.63, 3.8) is 0 Å². The van der Waals surface area contributed by atoms with Crippen molar-refractivity contribution >= 4 is 6.47 Å². The van der Waals surface area contributed by atoms with Gasteiger partial charge in [-0.3, -0.25) is 4.79 Å². The van der Waals surface area contributed by atoms with Crippen molar-refractivity contribution in [2.45, 2.75) is 180 Å². The average molecular weight is 541 g/mol. The van der Waals surface area contributed by atoms with Crippen molar-refractivity contribution in [1.29, 1.82) is 0 Å². The third kappa shape index (κ3) is 6.77. The molecule has 0 radical (unpaired) electrons. The molecule has 0 aromatic carbocycles. The normalized spacial score (nSPS) is 39.1. The number of carbonyl (C=O) groups is 1. The Bertz CT molecular complexity index is 708. The highest BCUT2D eigenvalue weighted by atomic mass is 16.5. The van der Waals surface area contributed by atoms with Gasteiger partial charge in [-0.1, -0.05) is 104 Å². The van der Waals surface area contributed by atoms with E-state index in [-0.39, 0.29) is 6.10 Å². The lowest BCUT2D eigenvalue weighted by Crippen LogP contribution is -2.49. The summed E-state index contributed by atoms with van der Waals surface area (Å²) >= 11 is 0. The van der Waals surface area contributed by atoms with Crippen LogP contribution in [0.1, 0.15) is 174 Å². The van der Waals surface area contributed by atoms with E-state index < -0.39 is 0 Å². The van der Waals surface area contributed by atoms with Crippen molar-refractivity contribution < 1.29 is 9.53 Å². The first-order chi connectivity index (χ1) is 19.1. The number of hydrogen-bond donors (Lipinski definition) is 0. The molecule has 5 aliphatic rings. The van der Waals surface area contributed by atoms with Crippen LogP contribution in [0.3, 0.4) is 0 Å². The van der Waals surface area contributed by atoms with E-state index in [0.717, 1.165) is 54.8 Å². The zero-order valence-corrected chi connectivity index (χ0v) is 26.1. The van der Waals surface area contributed by atoms with Gasteiger partial charge in [-0.2, -0.15) is 0 Å². The molecule has 0 aromatic rings. The minimum Gasteiger partial charge on any atom is -0.465 e. The molecule has 0 aromatic heterocycles. The molecule has 0 saturated heterocycles. The van der Waals surface area contributed by atoms with E-state index in [2.05, 4.69) is 13.8 Å². The number of rotatable bonds is 10. The Morgan fingerprint density at radius 3 is 1.72 bits per heavy atom. The summed E-state index contributed by atoms with van der Waals surface area (Å²) in [7, 11) is 0. The van der Waals surface area contributed by atoms with Crippen LogP contribution in [0.25, 0.3) is 0 Å². The maximum atomic E-state index is 11.2. The quantitative estimate of drug-likeness (QED) is 0.258. The van der Waals surface area contributed by atoms with E-state index in [9.17, 15) is 4.79 Å². The first-order valence-electron chi connectivity index (χ1n) is 18.2. The second kappa shape index (κ2) is 14.1. The minimum atomic E-state index is 0.184. The molecule has 0 N–H and O–H groups in total. The molecule has 5 saturated carbocycles. The molecule has 1 atom stereocenters. The Balaban J connectivity index is 1.46. The predicted octanol–water partition coefficient (Wildman–Crippen LogP) is 11.1. The Morgan fingerprint density at radius 1 is 0.641 bits per heavy atom. The SMILES string of the molecule is CC[C@H]1CC[C@H](C2(CC(C3CCCCC3)C3([C@H]4CC[C@H](CC)CC4)CCCCC3)CCC(OC=O)CC2)CC1. The molecule has 2 nitrogen and oxygen atoms in total. The largest absolute Gasteiger partial charge is 0.465 e. The molecule has 2 heteroatoms. The molecule has 5 rings (SSSR count). The van der Waals surface area contributed by atoms with Crippen LogP contribution in [0.5, 0.6) is 0 Å². The lowest BCUT2D eigenvalue weighted by molar-refractivity contribution is -0.138. The molecule has 224 valence electrons. The average Bonchev–Trinajstić information content (AvgIpc) is 3.02. The van der Waals surface area contributed by atoms with Gasteiger partial charge in [0.25, 0.3) is 6.47 Å². The summed E-state index contributed by atoms with van der Waals surface area (Å²) in [6, 6.07) is 0. The van der Waals surface area contributed by atoms with Crippen LogP contribution in [0, 0.1) is 46.3 Å². The summed E-state index contributed by atoms with van der Waals surface area (Å²) in [5.41, 5.74) is 1.14. The zero-order chi connectivity index (χ0) is 27.1. The zero-order valence-electron chi connectivity index (χ0n) is 26.1. The first-order valence-corrected chi connectivity index (χ1v) is 18.2. The van der Waals surface area contributed by atoms with Crippen LogP contribution < -0.4 is 0 Å². The van der Waals surface area contributed by atoms with Gasteiger partial charge in [-0.05, 0) is 117 Å². The lowest BCUT2D eigenvalue weighted by atomic mass is 9.47. The summed E-state index contributed by atoms with van der Waals surface area (Å²) in [4.78, 5) is 11.2. The highest BCUT2D eigenvalue weighted by molar-refractivity contribution is 5.37. The van der Waals surface area contributed by atoms with Gasteiger partial charge in [0.15, 0.2) is 0 Å². The van der Waals surface area contributed by atoms with Gasteiger partial charge in [0.1, 0.15) is 6.10 Å². The number of hydrogen-bond acceptors (Lipinski definition) is 2. The van der Waals surface area contributed by atoms with Crippen molar-refractivity contribution in [2.75, 3.05) is 0 Å². The van der Waals surface area contributed by atoms with Crippen molar-refractivity contribution in [1.82, 2.24) is 0 Å². The fourth-order valence-corrected chi connectivity index (χ4v) is 11.6. The van der Waals surface area contributed by atoms with Crippen LogP contribution >= 0.6 is 0 Å². The summed E-state index contributed by atoms with van der Waals surface area (Å²) in [6.45, 7) is 5.59. The third-order valence-electron chi connectivity index (χ3n) is 14.1. The molecule has 5 fully saturated rings. The molecule has 5 aliphatic carbocycles. The third-order valence-corrected chi connectivity index (χ3v) is 14.1. The van der Waals surface area contributed by atoms with Crippen molar-refractivity contribution in [3.8, 4) is 0 Å². The van der Waals surface area contributed by atoms with Crippen LogP contribution in [0.15, 0.2) is 0 Å². The topological polar surface area (TPSA) is 26.3 Å². The molecule has 0 amide bonds. The number of carbonyl (C=O) groups excluding carboxylic acids is 1. The van der Waals surface area contributed by atoms with Crippen LogP contribution in [-0.4, -0.2) is 12.6 Å². The minimum absolute atomic E-state index is 0.184. The molecule has 0 aliphatic heterocycles. The Hall–Kier alpha value is -0.530. The summed E-state index contributed by atoms with van der Waals surface area (Å²) in [5, 5.41) is 0. The Labute approximate surface area is 242 Å². The predicted molar refractivity (Wildman–Crippen MR) is 164 cm³/mol. The fourth-order valence-electron chi connectivity index (χ4n) is 11.6. The summed E-state index contributed by atoms with van der Waals surface area (Å²) < 4.78 is 5.59. The van der Waals surface area contributed by atoms with Gasteiger partial charge >= 0.3 is 0 Å². The summed E-state index contributed by atoms with van der Waals surface area (Å²) in [5.74, 6) is 5.82. The second-order valence-corrected chi connectivity index (χ2v) is 15.5. The molecule has 0 bridgehead atoms.